The summed E-state index contributed by atoms with van der Waals surface area (Å²) in [7, 11) is 0. The topological polar surface area (TPSA) is 57.1 Å². The Bertz CT molecular complexity index is 887. The van der Waals surface area contributed by atoms with E-state index >= 15 is 0 Å². The van der Waals surface area contributed by atoms with Crippen LogP contribution in [0.3, 0.4) is 0 Å². The molecular formula is C17H16F3NO2. The van der Waals surface area contributed by atoms with Gasteiger partial charge in [0, 0.05) is 10.9 Å². The molecule has 0 radical (unpaired) electrons. The third kappa shape index (κ3) is 3.22. The monoisotopic (exact) mass is 323 g/mol. The lowest BCUT2D eigenvalue weighted by atomic mass is 10.0. The molecule has 0 spiro atoms. The maximum Gasteiger partial charge on any atom is 0.484 e. The van der Waals surface area contributed by atoms with Crippen molar-refractivity contribution < 1.29 is 28.1 Å². The van der Waals surface area contributed by atoms with Gasteiger partial charge >= 0.3 is 6.05 Å². The third-order valence-corrected chi connectivity index (χ3v) is 3.57. The Labute approximate surface area is 130 Å². The number of nitrogens with one attached hydrogen (secondary N) is 1. The van der Waals surface area contributed by atoms with Crippen LogP contribution in [0, 0.1) is 13.8 Å². The van der Waals surface area contributed by atoms with Crippen LogP contribution in [0.15, 0.2) is 40.8 Å². The number of fused-ring (bicyclic) bond motifs is 2. The minimum Gasteiger partial charge on any atom is -0.870 e. The van der Waals surface area contributed by atoms with Crippen LogP contribution in [0.2, 0.25) is 0 Å². The summed E-state index contributed by atoms with van der Waals surface area (Å²) in [6, 6.07) is 7.24. The van der Waals surface area contributed by atoms with Gasteiger partial charge in [0.05, 0.1) is 5.56 Å². The van der Waals surface area contributed by atoms with Crippen molar-refractivity contribution in [3.63, 3.8) is 0 Å². The summed E-state index contributed by atoms with van der Waals surface area (Å²) in [5.41, 5.74) is 2.82. The first-order chi connectivity index (χ1) is 10.4. The Morgan fingerprint density at radius 3 is 2.52 bits per heavy atom. The van der Waals surface area contributed by atoms with Gasteiger partial charge in [-0.1, -0.05) is 11.6 Å². The fourth-order valence-electron chi connectivity index (χ4n) is 2.47. The van der Waals surface area contributed by atoms with E-state index < -0.39 is 12.7 Å². The highest BCUT2D eigenvalue weighted by molar-refractivity contribution is 5.83. The second-order valence-corrected chi connectivity index (χ2v) is 5.42. The van der Waals surface area contributed by atoms with Gasteiger partial charge in [-0.05, 0) is 44.2 Å². The highest BCUT2D eigenvalue weighted by Gasteiger charge is 2.35. The van der Waals surface area contributed by atoms with E-state index in [0.717, 1.165) is 10.9 Å². The van der Waals surface area contributed by atoms with E-state index in [2.05, 4.69) is 0 Å². The van der Waals surface area contributed by atoms with Crippen molar-refractivity contribution in [1.82, 2.24) is 0 Å². The van der Waals surface area contributed by atoms with Crippen molar-refractivity contribution in [3.8, 4) is 11.3 Å². The zero-order chi connectivity index (χ0) is 15.9. The zero-order valence-corrected chi connectivity index (χ0v) is 12.7. The first kappa shape index (κ1) is 17.0. The molecule has 23 heavy (non-hydrogen) atoms. The number of rotatable bonds is 2. The summed E-state index contributed by atoms with van der Waals surface area (Å²) in [6.07, 6.45) is 0. The van der Waals surface area contributed by atoms with Crippen LogP contribution in [0.1, 0.15) is 11.1 Å². The van der Waals surface area contributed by atoms with Gasteiger partial charge in [0.15, 0.2) is 0 Å². The van der Waals surface area contributed by atoms with Crippen molar-refractivity contribution >= 4 is 11.0 Å². The number of hydrogen-bond donors (Lipinski definition) is 1. The van der Waals surface area contributed by atoms with E-state index in [0.29, 0.717) is 22.5 Å². The van der Waals surface area contributed by atoms with E-state index in [9.17, 15) is 13.2 Å². The van der Waals surface area contributed by atoms with Gasteiger partial charge < -0.3 is 9.89 Å². The Morgan fingerprint density at radius 2 is 1.83 bits per heavy atom. The Balaban J connectivity index is 0.00000192. The molecule has 1 aromatic rings. The summed E-state index contributed by atoms with van der Waals surface area (Å²) in [6.45, 7) is 1.86. The quantitative estimate of drug-likeness (QED) is 0.582. The second kappa shape index (κ2) is 6.04. The van der Waals surface area contributed by atoms with Gasteiger partial charge in [-0.25, -0.2) is 4.39 Å². The molecule has 0 fully saturated rings. The summed E-state index contributed by atoms with van der Waals surface area (Å²) in [5.74, 6) is 0.471. The van der Waals surface area contributed by atoms with E-state index in [-0.39, 0.29) is 10.8 Å². The molecular weight excluding hydrogens is 307 g/mol. The molecule has 3 rings (SSSR count). The van der Waals surface area contributed by atoms with Gasteiger partial charge in [-0.2, -0.15) is 4.99 Å². The van der Waals surface area contributed by atoms with Crippen LogP contribution in [-0.4, -0.2) is 18.2 Å². The highest BCUT2D eigenvalue weighted by atomic mass is 19.3. The Morgan fingerprint density at radius 1 is 1.09 bits per heavy atom. The van der Waals surface area contributed by atoms with Crippen LogP contribution in [0.25, 0.3) is 22.3 Å². The maximum atomic E-state index is 13.4. The van der Waals surface area contributed by atoms with E-state index in [4.69, 9.17) is 4.42 Å². The molecule has 0 saturated carbocycles. The van der Waals surface area contributed by atoms with Gasteiger partial charge in [-0.15, -0.1) is 8.78 Å². The molecule has 2 aliphatic rings. The largest absolute Gasteiger partial charge is 0.870 e. The van der Waals surface area contributed by atoms with E-state index in [1.165, 1.54) is 0 Å². The number of aryl methyl sites for hydroxylation is 2. The van der Waals surface area contributed by atoms with Crippen molar-refractivity contribution in [2.24, 2.45) is 0 Å². The van der Waals surface area contributed by atoms with Crippen molar-refractivity contribution in [2.45, 2.75) is 19.9 Å². The molecule has 0 aromatic heterocycles. The fourth-order valence-corrected chi connectivity index (χ4v) is 2.47. The van der Waals surface area contributed by atoms with Crippen LogP contribution in [-0.2, 0) is 0 Å². The lowest BCUT2D eigenvalue weighted by Gasteiger charge is -2.08. The lowest BCUT2D eigenvalue weighted by molar-refractivity contribution is -0.665. The van der Waals surface area contributed by atoms with Gasteiger partial charge in [0.25, 0.3) is 0 Å². The van der Waals surface area contributed by atoms with Gasteiger partial charge in [-0.3, -0.25) is 0 Å². The first-order valence-electron chi connectivity index (χ1n) is 6.88. The summed E-state index contributed by atoms with van der Waals surface area (Å²) >= 11 is 0. The standard InChI is InChI=1S/C17H14F3NO.H2O/c1-10-3-5-14-12(7-10)8-13-15(22-14)6-4-11(2)16(13)21-17(19,20)9-18;/h3-8H,9H2,1-2H3;1H2. The Kier molecular flexibility index (Phi) is 4.47. The normalized spacial score (nSPS) is 12.7. The molecule has 2 N–H and O–H groups in total. The molecule has 0 amide bonds. The molecule has 0 unspecified atom stereocenters. The highest BCUT2D eigenvalue weighted by Crippen LogP contribution is 2.26. The van der Waals surface area contributed by atoms with Crippen molar-refractivity contribution in [2.75, 3.05) is 6.67 Å². The molecule has 122 valence electrons. The predicted molar refractivity (Wildman–Crippen MR) is 79.3 cm³/mol. The van der Waals surface area contributed by atoms with Gasteiger partial charge in [0.1, 0.15) is 11.3 Å². The summed E-state index contributed by atoms with van der Waals surface area (Å²) in [4.78, 5) is 1.99. The zero-order valence-electron chi connectivity index (χ0n) is 12.7. The molecule has 1 heterocycles. The van der Waals surface area contributed by atoms with E-state index in [1.807, 2.05) is 30.1 Å². The van der Waals surface area contributed by atoms with Crippen molar-refractivity contribution in [1.29, 1.82) is 0 Å². The molecule has 6 heteroatoms. The minimum absolute atomic E-state index is 0. The average molecular weight is 323 g/mol. The molecule has 1 aromatic carbocycles. The summed E-state index contributed by atoms with van der Waals surface area (Å²) in [5, 5.41) is 0.997. The molecule has 0 saturated heterocycles. The van der Waals surface area contributed by atoms with Gasteiger partial charge in [0.2, 0.25) is 12.0 Å². The summed E-state index contributed by atoms with van der Waals surface area (Å²) < 4.78 is 45.0. The predicted octanol–water partition coefficient (Wildman–Crippen LogP) is 2.52. The second-order valence-electron chi connectivity index (χ2n) is 5.42. The molecule has 0 atom stereocenters. The SMILES string of the molecule is Cc1ccc2oc3ccc(C)c(=[NH+]C(F)(F)CF)c-3cc2c1.[OH-]. The number of alkyl halides is 3. The fraction of sp³-hybridized carbons (Fsp3) is 0.235. The average Bonchev–Trinajstić information content (AvgIpc) is 2.48. The number of hydrogen-bond acceptors (Lipinski definition) is 2. The van der Waals surface area contributed by atoms with Crippen LogP contribution in [0.4, 0.5) is 13.2 Å². The van der Waals surface area contributed by atoms with Crippen LogP contribution in [0.5, 0.6) is 0 Å². The molecule has 3 nitrogen and oxygen atoms in total. The lowest BCUT2D eigenvalue weighted by Crippen LogP contribution is -2.88. The van der Waals surface area contributed by atoms with E-state index in [1.54, 1.807) is 25.1 Å². The van der Waals surface area contributed by atoms with Crippen LogP contribution < -0.4 is 10.3 Å². The first-order valence-corrected chi connectivity index (χ1v) is 6.88. The number of benzene rings is 2. The number of halogens is 3. The Hall–Kier alpha value is -2.34. The third-order valence-electron chi connectivity index (χ3n) is 3.57. The minimum atomic E-state index is -3.61. The smallest absolute Gasteiger partial charge is 0.484 e. The van der Waals surface area contributed by atoms with Crippen molar-refractivity contribution in [3.05, 3.63) is 52.9 Å². The molecule has 1 aliphatic heterocycles. The maximum absolute atomic E-state index is 13.4. The molecule has 1 aliphatic carbocycles. The molecule has 0 bridgehead atoms. The van der Waals surface area contributed by atoms with Crippen LogP contribution >= 0.6 is 0 Å².